The van der Waals surface area contributed by atoms with Gasteiger partial charge in [-0.3, -0.25) is 14.7 Å². The quantitative estimate of drug-likeness (QED) is 0.596. The van der Waals surface area contributed by atoms with Gasteiger partial charge in [-0.2, -0.15) is 11.8 Å². The standard InChI is InChI=1S/C25H29N3OS/c1-17(2)24-15-21(20-8-4-5-9-23(20)26-24)25(29)27-22-10-6-7-19(18(22)3)16-28-11-13-30-14-12-28/h4-10,15,17H,11-14,16H2,1-3H3,(H,27,29). The number of rotatable bonds is 5. The summed E-state index contributed by atoms with van der Waals surface area (Å²) >= 11 is 2.02. The van der Waals surface area contributed by atoms with Crippen LogP contribution in [0.2, 0.25) is 0 Å². The van der Waals surface area contributed by atoms with Gasteiger partial charge in [0.1, 0.15) is 0 Å². The Kier molecular flexibility index (Phi) is 6.40. The molecular weight excluding hydrogens is 390 g/mol. The minimum absolute atomic E-state index is 0.0786. The zero-order chi connectivity index (χ0) is 21.1. The number of aromatic nitrogens is 1. The van der Waals surface area contributed by atoms with Crippen LogP contribution in [0.5, 0.6) is 0 Å². The molecule has 4 nitrogen and oxygen atoms in total. The third-order valence-electron chi connectivity index (χ3n) is 5.76. The van der Waals surface area contributed by atoms with Gasteiger partial charge in [-0.1, -0.05) is 44.2 Å². The van der Waals surface area contributed by atoms with Crippen molar-refractivity contribution in [3.05, 3.63) is 70.9 Å². The molecule has 1 aliphatic heterocycles. The minimum Gasteiger partial charge on any atom is -0.322 e. The van der Waals surface area contributed by atoms with E-state index in [1.54, 1.807) is 0 Å². The number of amides is 1. The smallest absolute Gasteiger partial charge is 0.256 e. The Morgan fingerprint density at radius 2 is 1.90 bits per heavy atom. The van der Waals surface area contributed by atoms with Crippen molar-refractivity contribution in [3.8, 4) is 0 Å². The molecule has 0 radical (unpaired) electrons. The fourth-order valence-electron chi connectivity index (χ4n) is 3.86. The van der Waals surface area contributed by atoms with Crippen LogP contribution in [0.15, 0.2) is 48.5 Å². The highest BCUT2D eigenvalue weighted by Crippen LogP contribution is 2.26. The normalized spacial score (nSPS) is 14.9. The molecule has 3 aromatic rings. The summed E-state index contributed by atoms with van der Waals surface area (Å²) < 4.78 is 0. The molecule has 1 fully saturated rings. The summed E-state index contributed by atoms with van der Waals surface area (Å²) in [7, 11) is 0. The van der Waals surface area contributed by atoms with Gasteiger partial charge in [0.15, 0.2) is 0 Å². The molecule has 2 aromatic carbocycles. The summed E-state index contributed by atoms with van der Waals surface area (Å²) in [4.78, 5) is 20.5. The van der Waals surface area contributed by atoms with Crippen molar-refractivity contribution in [2.45, 2.75) is 33.2 Å². The van der Waals surface area contributed by atoms with Gasteiger partial charge < -0.3 is 5.32 Å². The van der Waals surface area contributed by atoms with Crippen LogP contribution in [-0.4, -0.2) is 40.4 Å². The second-order valence-electron chi connectivity index (χ2n) is 8.20. The Balaban J connectivity index is 1.62. The van der Waals surface area contributed by atoms with Crippen molar-refractivity contribution in [3.63, 3.8) is 0 Å². The highest BCUT2D eigenvalue weighted by molar-refractivity contribution is 7.99. The molecule has 0 bridgehead atoms. The molecule has 1 saturated heterocycles. The average Bonchev–Trinajstić information content (AvgIpc) is 2.76. The molecule has 1 aromatic heterocycles. The van der Waals surface area contributed by atoms with Crippen LogP contribution in [0.25, 0.3) is 10.9 Å². The van der Waals surface area contributed by atoms with Crippen LogP contribution in [0.4, 0.5) is 5.69 Å². The molecule has 0 atom stereocenters. The Hall–Kier alpha value is -2.37. The van der Waals surface area contributed by atoms with Gasteiger partial charge in [0, 0.05) is 47.9 Å². The number of carbonyl (C=O) groups is 1. The number of pyridine rings is 1. The summed E-state index contributed by atoms with van der Waals surface area (Å²) in [5, 5.41) is 4.06. The maximum atomic E-state index is 13.3. The van der Waals surface area contributed by atoms with Crippen molar-refractivity contribution in [2.75, 3.05) is 29.9 Å². The average molecular weight is 420 g/mol. The lowest BCUT2D eigenvalue weighted by Gasteiger charge is -2.27. The lowest BCUT2D eigenvalue weighted by atomic mass is 10.0. The van der Waals surface area contributed by atoms with E-state index in [1.807, 2.05) is 54.2 Å². The van der Waals surface area contributed by atoms with Gasteiger partial charge in [0.2, 0.25) is 0 Å². The van der Waals surface area contributed by atoms with Crippen molar-refractivity contribution < 1.29 is 4.79 Å². The van der Waals surface area contributed by atoms with Crippen molar-refractivity contribution in [2.24, 2.45) is 0 Å². The Morgan fingerprint density at radius 3 is 2.67 bits per heavy atom. The summed E-state index contributed by atoms with van der Waals surface area (Å²) in [5.41, 5.74) is 5.79. The van der Waals surface area contributed by atoms with Crippen LogP contribution in [0.1, 0.15) is 46.9 Å². The second kappa shape index (κ2) is 9.19. The monoisotopic (exact) mass is 419 g/mol. The Bertz CT molecular complexity index is 1060. The molecule has 0 aliphatic carbocycles. The van der Waals surface area contributed by atoms with E-state index in [4.69, 9.17) is 4.98 Å². The second-order valence-corrected chi connectivity index (χ2v) is 9.42. The van der Waals surface area contributed by atoms with Gasteiger partial charge >= 0.3 is 0 Å². The molecule has 5 heteroatoms. The minimum atomic E-state index is -0.0786. The first-order valence-corrected chi connectivity index (χ1v) is 11.8. The third kappa shape index (κ3) is 4.52. The third-order valence-corrected chi connectivity index (χ3v) is 6.71. The summed E-state index contributed by atoms with van der Waals surface area (Å²) in [6.45, 7) is 9.50. The lowest BCUT2D eigenvalue weighted by molar-refractivity contribution is 0.102. The summed E-state index contributed by atoms with van der Waals surface area (Å²) in [6, 6.07) is 16.0. The van der Waals surface area contributed by atoms with E-state index >= 15 is 0 Å². The largest absolute Gasteiger partial charge is 0.322 e. The number of anilines is 1. The van der Waals surface area contributed by atoms with Crippen LogP contribution in [-0.2, 0) is 6.54 Å². The number of fused-ring (bicyclic) bond motifs is 1. The predicted octanol–water partition coefficient (Wildman–Crippen LogP) is 5.47. The molecule has 0 saturated carbocycles. The highest BCUT2D eigenvalue weighted by atomic mass is 32.2. The Morgan fingerprint density at radius 1 is 1.13 bits per heavy atom. The van der Waals surface area contributed by atoms with Crippen LogP contribution in [0, 0.1) is 6.92 Å². The van der Waals surface area contributed by atoms with E-state index in [0.29, 0.717) is 5.56 Å². The molecule has 1 N–H and O–H groups in total. The fourth-order valence-corrected chi connectivity index (χ4v) is 4.84. The van der Waals surface area contributed by atoms with E-state index in [2.05, 4.69) is 37.1 Å². The van der Waals surface area contributed by atoms with Gasteiger partial charge in [0.25, 0.3) is 5.91 Å². The van der Waals surface area contributed by atoms with Gasteiger partial charge in [0.05, 0.1) is 11.1 Å². The number of carbonyl (C=O) groups excluding carboxylic acids is 1. The summed E-state index contributed by atoms with van der Waals surface area (Å²) in [6.07, 6.45) is 0. The van der Waals surface area contributed by atoms with E-state index in [1.165, 1.54) is 17.1 Å². The molecule has 1 amide bonds. The lowest BCUT2D eigenvalue weighted by Crippen LogP contribution is -2.32. The molecule has 0 spiro atoms. The SMILES string of the molecule is Cc1c(CN2CCSCC2)cccc1NC(=O)c1cc(C(C)C)nc2ccccc12. The highest BCUT2D eigenvalue weighted by Gasteiger charge is 2.17. The number of para-hydroxylation sites is 1. The molecule has 156 valence electrons. The van der Waals surface area contributed by atoms with Crippen molar-refractivity contribution in [1.82, 2.24) is 9.88 Å². The topological polar surface area (TPSA) is 45.2 Å². The molecule has 30 heavy (non-hydrogen) atoms. The first-order valence-electron chi connectivity index (χ1n) is 10.6. The number of hydrogen-bond acceptors (Lipinski definition) is 4. The van der Waals surface area contributed by atoms with E-state index in [0.717, 1.165) is 47.5 Å². The van der Waals surface area contributed by atoms with Crippen molar-refractivity contribution >= 4 is 34.3 Å². The number of nitrogens with one attached hydrogen (secondary N) is 1. The number of benzene rings is 2. The van der Waals surface area contributed by atoms with Gasteiger partial charge in [-0.25, -0.2) is 0 Å². The first-order chi connectivity index (χ1) is 14.5. The number of nitrogens with zero attached hydrogens (tertiary/aromatic N) is 2. The molecular formula is C25H29N3OS. The fraction of sp³-hybridized carbons (Fsp3) is 0.360. The zero-order valence-electron chi connectivity index (χ0n) is 17.9. The predicted molar refractivity (Wildman–Crippen MR) is 128 cm³/mol. The Labute approximate surface area is 183 Å². The van der Waals surface area contributed by atoms with Crippen molar-refractivity contribution in [1.29, 1.82) is 0 Å². The number of hydrogen-bond donors (Lipinski definition) is 1. The molecule has 1 aliphatic rings. The van der Waals surface area contributed by atoms with E-state index < -0.39 is 0 Å². The zero-order valence-corrected chi connectivity index (χ0v) is 18.8. The molecule has 2 heterocycles. The van der Waals surface area contributed by atoms with Gasteiger partial charge in [-0.15, -0.1) is 0 Å². The van der Waals surface area contributed by atoms with Crippen LogP contribution >= 0.6 is 11.8 Å². The molecule has 0 unspecified atom stereocenters. The van der Waals surface area contributed by atoms with Gasteiger partial charge in [-0.05, 0) is 42.2 Å². The van der Waals surface area contributed by atoms with Crippen LogP contribution in [0.3, 0.4) is 0 Å². The number of thioether (sulfide) groups is 1. The summed E-state index contributed by atoms with van der Waals surface area (Å²) in [5.74, 6) is 2.57. The van der Waals surface area contributed by atoms with E-state index in [9.17, 15) is 4.79 Å². The maximum absolute atomic E-state index is 13.3. The van der Waals surface area contributed by atoms with Crippen LogP contribution < -0.4 is 5.32 Å². The molecule has 4 rings (SSSR count). The van der Waals surface area contributed by atoms with E-state index in [-0.39, 0.29) is 11.8 Å². The first kappa shape index (κ1) is 20.9. The maximum Gasteiger partial charge on any atom is 0.256 e.